The third-order valence-electron chi connectivity index (χ3n) is 13.5. The zero-order valence-corrected chi connectivity index (χ0v) is 35.7. The Balaban J connectivity index is 1.08. The molecule has 10 aromatic carbocycles. The Morgan fingerprint density at radius 1 is 0.375 bits per heavy atom. The number of hydrogen-bond acceptors (Lipinski definition) is 2. The average Bonchev–Trinajstić information content (AvgIpc) is 4.01. The van der Waals surface area contributed by atoms with Crippen molar-refractivity contribution in [1.29, 1.82) is 0 Å². The Morgan fingerprint density at radius 2 is 0.953 bits per heavy atom. The molecular formula is C61H40N2S. The summed E-state index contributed by atoms with van der Waals surface area (Å²) in [7, 11) is 0. The van der Waals surface area contributed by atoms with Crippen LogP contribution >= 0.6 is 11.3 Å². The maximum absolute atomic E-state index is 2.48. The van der Waals surface area contributed by atoms with Crippen molar-refractivity contribution in [1.82, 2.24) is 4.57 Å². The van der Waals surface area contributed by atoms with Crippen molar-refractivity contribution < 1.29 is 0 Å². The zero-order chi connectivity index (χ0) is 42.2. The summed E-state index contributed by atoms with van der Waals surface area (Å²) < 4.78 is 5.09. The molecule has 12 aromatic rings. The fraction of sp³-hybridized carbons (Fsp3) is 0.0164. The van der Waals surface area contributed by atoms with E-state index in [1.807, 2.05) is 11.3 Å². The molecular weight excluding hydrogens is 793 g/mol. The first kappa shape index (κ1) is 36.7. The van der Waals surface area contributed by atoms with Crippen molar-refractivity contribution >= 4 is 70.4 Å². The monoisotopic (exact) mass is 832 g/mol. The van der Waals surface area contributed by atoms with Crippen LogP contribution in [0.1, 0.15) is 22.3 Å². The summed E-state index contributed by atoms with van der Waals surface area (Å²) in [6.07, 6.45) is 0. The largest absolute Gasteiger partial charge is 0.310 e. The van der Waals surface area contributed by atoms with Gasteiger partial charge in [0.2, 0.25) is 0 Å². The summed E-state index contributed by atoms with van der Waals surface area (Å²) in [5.74, 6) is 0. The van der Waals surface area contributed by atoms with Crippen LogP contribution in [-0.4, -0.2) is 4.57 Å². The van der Waals surface area contributed by atoms with E-state index >= 15 is 0 Å². The van der Waals surface area contributed by atoms with E-state index < -0.39 is 5.41 Å². The number of anilines is 3. The summed E-state index contributed by atoms with van der Waals surface area (Å²) in [5, 5.41) is 5.07. The quantitative estimate of drug-likeness (QED) is 0.155. The lowest BCUT2D eigenvalue weighted by Crippen LogP contribution is -2.28. The van der Waals surface area contributed by atoms with Crippen LogP contribution in [0.5, 0.6) is 0 Å². The fourth-order valence-corrected chi connectivity index (χ4v) is 11.8. The van der Waals surface area contributed by atoms with E-state index in [9.17, 15) is 0 Å². The topological polar surface area (TPSA) is 8.17 Å². The number of hydrogen-bond donors (Lipinski definition) is 0. The Bertz CT molecular complexity index is 3660. The number of thiophene rings is 1. The van der Waals surface area contributed by atoms with Gasteiger partial charge in [0.25, 0.3) is 0 Å². The van der Waals surface area contributed by atoms with Crippen molar-refractivity contribution in [3.8, 4) is 27.9 Å². The van der Waals surface area contributed by atoms with E-state index in [1.165, 1.54) is 86.5 Å². The Morgan fingerprint density at radius 3 is 1.70 bits per heavy atom. The van der Waals surface area contributed by atoms with Crippen LogP contribution in [0.25, 0.3) is 69.9 Å². The van der Waals surface area contributed by atoms with Gasteiger partial charge in [-0.1, -0.05) is 176 Å². The van der Waals surface area contributed by atoms with Gasteiger partial charge >= 0.3 is 0 Å². The lowest BCUT2D eigenvalue weighted by Gasteiger charge is -2.35. The summed E-state index contributed by atoms with van der Waals surface area (Å²) >= 11 is 1.87. The van der Waals surface area contributed by atoms with E-state index in [-0.39, 0.29) is 0 Å². The van der Waals surface area contributed by atoms with E-state index in [0.29, 0.717) is 0 Å². The maximum Gasteiger partial charge on any atom is 0.0714 e. The smallest absolute Gasteiger partial charge is 0.0714 e. The molecule has 1 aliphatic carbocycles. The number of nitrogens with zero attached hydrogens (tertiary/aromatic N) is 2. The zero-order valence-electron chi connectivity index (χ0n) is 34.9. The first-order valence-electron chi connectivity index (χ1n) is 22.0. The molecule has 0 amide bonds. The van der Waals surface area contributed by atoms with Crippen LogP contribution < -0.4 is 4.90 Å². The molecule has 1 aliphatic rings. The maximum atomic E-state index is 2.48. The van der Waals surface area contributed by atoms with Gasteiger partial charge in [0, 0.05) is 53.7 Å². The van der Waals surface area contributed by atoms with Crippen molar-refractivity contribution in [3.05, 3.63) is 265 Å². The van der Waals surface area contributed by atoms with E-state index in [2.05, 4.69) is 252 Å². The second-order valence-electron chi connectivity index (χ2n) is 16.8. The highest BCUT2D eigenvalue weighted by Gasteiger charge is 2.46. The van der Waals surface area contributed by atoms with Gasteiger partial charge in [0.05, 0.1) is 16.4 Å². The number of para-hydroxylation sites is 1. The molecule has 64 heavy (non-hydrogen) atoms. The number of rotatable bonds is 7. The molecule has 0 spiro atoms. The Kier molecular flexibility index (Phi) is 8.34. The molecule has 0 bridgehead atoms. The molecule has 300 valence electrons. The normalized spacial score (nSPS) is 12.8. The molecule has 0 atom stereocenters. The average molecular weight is 833 g/mol. The fourth-order valence-electron chi connectivity index (χ4n) is 10.7. The van der Waals surface area contributed by atoms with Crippen LogP contribution in [0.4, 0.5) is 17.1 Å². The lowest BCUT2D eigenvalue weighted by atomic mass is 9.67. The summed E-state index contributed by atoms with van der Waals surface area (Å²) in [6.45, 7) is 0. The standard InChI is InChI=1S/C61H40N2S/c1-5-17-41(18-6-1)42-29-31-46(32-30-42)62(48-33-35-50-49-25-13-15-27-54(49)61(55(50)40-48,43-19-7-2-8-20-43)44-21-9-3-10-22-44)47-34-37-56-53(39-47)51-36-38-58-59(52-26-14-16-28-57(52)64-58)60(51)63(56)45-23-11-4-12-24-45/h1-40H. The lowest BCUT2D eigenvalue weighted by molar-refractivity contribution is 0.768. The highest BCUT2D eigenvalue weighted by molar-refractivity contribution is 7.26. The van der Waals surface area contributed by atoms with Gasteiger partial charge in [-0.25, -0.2) is 0 Å². The molecule has 0 saturated carbocycles. The van der Waals surface area contributed by atoms with Crippen molar-refractivity contribution in [2.75, 3.05) is 4.90 Å². The predicted molar refractivity (Wildman–Crippen MR) is 271 cm³/mol. The Labute approximate surface area is 376 Å². The van der Waals surface area contributed by atoms with Crippen LogP contribution in [0, 0.1) is 0 Å². The van der Waals surface area contributed by atoms with Crippen molar-refractivity contribution in [2.45, 2.75) is 5.41 Å². The second-order valence-corrected chi connectivity index (χ2v) is 17.9. The van der Waals surface area contributed by atoms with Gasteiger partial charge < -0.3 is 9.47 Å². The molecule has 3 heteroatoms. The third kappa shape index (κ3) is 5.44. The van der Waals surface area contributed by atoms with Gasteiger partial charge in [0.15, 0.2) is 0 Å². The second kappa shape index (κ2) is 14.6. The van der Waals surface area contributed by atoms with Crippen LogP contribution in [0.15, 0.2) is 243 Å². The van der Waals surface area contributed by atoms with Gasteiger partial charge in [0.1, 0.15) is 0 Å². The third-order valence-corrected chi connectivity index (χ3v) is 14.6. The molecule has 0 N–H and O–H groups in total. The Hall–Kier alpha value is -7.98. The SMILES string of the molecule is c1ccc(-c2ccc(N(c3ccc4c(c3)C(c3ccccc3)(c3ccccc3)c3ccccc3-4)c3ccc4c(c3)c3ccc5sc6ccccc6c5c3n4-c3ccccc3)cc2)cc1. The molecule has 0 saturated heterocycles. The van der Waals surface area contributed by atoms with Crippen LogP contribution in [0.2, 0.25) is 0 Å². The molecule has 0 unspecified atom stereocenters. The van der Waals surface area contributed by atoms with Crippen molar-refractivity contribution in [3.63, 3.8) is 0 Å². The van der Waals surface area contributed by atoms with E-state index in [0.717, 1.165) is 22.7 Å². The first-order valence-corrected chi connectivity index (χ1v) is 22.8. The number of aromatic nitrogens is 1. The summed E-state index contributed by atoms with van der Waals surface area (Å²) in [6, 6.07) is 89.5. The highest BCUT2D eigenvalue weighted by atomic mass is 32.1. The van der Waals surface area contributed by atoms with E-state index in [4.69, 9.17) is 0 Å². The molecule has 2 aromatic heterocycles. The minimum Gasteiger partial charge on any atom is -0.310 e. The van der Waals surface area contributed by atoms with Crippen LogP contribution in [0.3, 0.4) is 0 Å². The first-order chi connectivity index (χ1) is 31.8. The molecule has 0 aliphatic heterocycles. The molecule has 0 fully saturated rings. The van der Waals surface area contributed by atoms with Gasteiger partial charge in [-0.2, -0.15) is 0 Å². The predicted octanol–water partition coefficient (Wildman–Crippen LogP) is 16.7. The minimum absolute atomic E-state index is 0.519. The minimum atomic E-state index is -0.519. The number of benzene rings is 10. The molecule has 0 radical (unpaired) electrons. The van der Waals surface area contributed by atoms with Crippen molar-refractivity contribution in [2.24, 2.45) is 0 Å². The number of fused-ring (bicyclic) bond motifs is 10. The highest BCUT2D eigenvalue weighted by Crippen LogP contribution is 2.57. The molecule has 13 rings (SSSR count). The summed E-state index contributed by atoms with van der Waals surface area (Å²) in [4.78, 5) is 2.46. The molecule has 2 nitrogen and oxygen atoms in total. The van der Waals surface area contributed by atoms with Gasteiger partial charge in [-0.05, 0) is 111 Å². The molecule has 2 heterocycles. The van der Waals surface area contributed by atoms with Gasteiger partial charge in [-0.3, -0.25) is 0 Å². The van der Waals surface area contributed by atoms with Gasteiger partial charge in [-0.15, -0.1) is 11.3 Å². The van der Waals surface area contributed by atoms with Crippen LogP contribution in [-0.2, 0) is 5.41 Å². The van der Waals surface area contributed by atoms with E-state index in [1.54, 1.807) is 0 Å². The summed E-state index contributed by atoms with van der Waals surface area (Å²) in [5.41, 5.74) is 16.4.